The third-order valence-electron chi connectivity index (χ3n) is 5.45. The molecule has 2 aromatic rings. The zero-order valence-corrected chi connectivity index (χ0v) is 18.8. The summed E-state index contributed by atoms with van der Waals surface area (Å²) in [7, 11) is 3.19. The number of ether oxygens (including phenoxy) is 2. The van der Waals surface area contributed by atoms with Crippen LogP contribution in [-0.2, 0) is 6.42 Å². The van der Waals surface area contributed by atoms with Crippen molar-refractivity contribution in [1.29, 1.82) is 0 Å². The second-order valence-electron chi connectivity index (χ2n) is 8.05. The van der Waals surface area contributed by atoms with Gasteiger partial charge in [-0.1, -0.05) is 17.7 Å². The van der Waals surface area contributed by atoms with Gasteiger partial charge in [-0.25, -0.2) is 4.79 Å². The molecule has 1 aliphatic heterocycles. The number of urea groups is 1. The molecule has 0 aromatic heterocycles. The van der Waals surface area contributed by atoms with E-state index >= 15 is 0 Å². The lowest BCUT2D eigenvalue weighted by Gasteiger charge is -2.38. The monoisotopic (exact) mass is 425 g/mol. The van der Waals surface area contributed by atoms with E-state index in [1.54, 1.807) is 31.3 Å². The second-order valence-corrected chi connectivity index (χ2v) is 8.05. The molecule has 2 N–H and O–H groups in total. The molecule has 7 heteroatoms. The highest BCUT2D eigenvalue weighted by Gasteiger charge is 2.32. The number of hydrogen-bond acceptors (Lipinski definition) is 4. The number of rotatable bonds is 6. The Morgan fingerprint density at radius 3 is 2.35 bits per heavy atom. The Morgan fingerprint density at radius 1 is 1.10 bits per heavy atom. The van der Waals surface area contributed by atoms with Gasteiger partial charge in [-0.15, -0.1) is 0 Å². The van der Waals surface area contributed by atoms with Crippen LogP contribution in [0.5, 0.6) is 11.5 Å². The minimum atomic E-state index is -0.322. The summed E-state index contributed by atoms with van der Waals surface area (Å²) in [5, 5.41) is 5.97. The highest BCUT2D eigenvalue weighted by Crippen LogP contribution is 2.38. The lowest BCUT2D eigenvalue weighted by atomic mass is 9.91. The molecule has 7 nitrogen and oxygen atoms in total. The van der Waals surface area contributed by atoms with E-state index in [9.17, 15) is 9.59 Å². The second kappa shape index (κ2) is 9.73. The van der Waals surface area contributed by atoms with Gasteiger partial charge in [0.05, 0.1) is 20.3 Å². The summed E-state index contributed by atoms with van der Waals surface area (Å²) >= 11 is 0. The summed E-state index contributed by atoms with van der Waals surface area (Å²) in [5.41, 5.74) is 3.72. The number of methoxy groups -OCH3 is 2. The molecule has 0 bridgehead atoms. The summed E-state index contributed by atoms with van der Waals surface area (Å²) in [6, 6.07) is 10.8. The molecule has 3 rings (SSSR count). The van der Waals surface area contributed by atoms with Crippen LogP contribution >= 0.6 is 0 Å². The van der Waals surface area contributed by atoms with Crippen LogP contribution in [0, 0.1) is 6.92 Å². The Hall–Kier alpha value is -3.22. The van der Waals surface area contributed by atoms with Crippen LogP contribution in [0.4, 0.5) is 4.79 Å². The fraction of sp³-hybridized carbons (Fsp3) is 0.417. The van der Waals surface area contributed by atoms with Gasteiger partial charge >= 0.3 is 6.03 Å². The van der Waals surface area contributed by atoms with Crippen molar-refractivity contribution < 1.29 is 19.1 Å². The van der Waals surface area contributed by atoms with Crippen LogP contribution in [0.2, 0.25) is 0 Å². The van der Waals surface area contributed by atoms with E-state index in [1.165, 1.54) is 0 Å². The van der Waals surface area contributed by atoms with Crippen molar-refractivity contribution in [1.82, 2.24) is 15.5 Å². The summed E-state index contributed by atoms with van der Waals surface area (Å²) in [6.45, 7) is 6.68. The maximum Gasteiger partial charge on any atom is 0.318 e. The number of nitrogens with zero attached hydrogens (tertiary/aromatic N) is 1. The Balaban J connectivity index is 1.90. The molecule has 0 spiro atoms. The van der Waals surface area contributed by atoms with Gasteiger partial charge in [-0.05, 0) is 62.6 Å². The Bertz CT molecular complexity index is 941. The Labute approximate surface area is 183 Å². The molecule has 3 amide bonds. The molecule has 0 aliphatic carbocycles. The average Bonchev–Trinajstić information content (AvgIpc) is 2.75. The normalized spacial score (nSPS) is 15.3. The lowest BCUT2D eigenvalue weighted by Crippen LogP contribution is -2.50. The fourth-order valence-electron chi connectivity index (χ4n) is 3.82. The molecule has 31 heavy (non-hydrogen) atoms. The predicted octanol–water partition coefficient (Wildman–Crippen LogP) is 3.46. The molecule has 0 unspecified atom stereocenters. The fourth-order valence-corrected chi connectivity index (χ4v) is 3.82. The smallest absolute Gasteiger partial charge is 0.318 e. The van der Waals surface area contributed by atoms with E-state index in [1.807, 2.05) is 45.0 Å². The highest BCUT2D eigenvalue weighted by molar-refractivity contribution is 5.94. The number of nitrogens with one attached hydrogen (secondary N) is 2. The van der Waals surface area contributed by atoms with Crippen molar-refractivity contribution in [3.63, 3.8) is 0 Å². The molecule has 1 atom stereocenters. The highest BCUT2D eigenvalue weighted by atomic mass is 16.5. The first-order chi connectivity index (χ1) is 14.8. The number of benzene rings is 2. The average molecular weight is 426 g/mol. The van der Waals surface area contributed by atoms with Crippen LogP contribution < -0.4 is 20.1 Å². The third-order valence-corrected chi connectivity index (χ3v) is 5.45. The maximum atomic E-state index is 12.9. The van der Waals surface area contributed by atoms with E-state index in [0.717, 1.165) is 16.7 Å². The Morgan fingerprint density at radius 2 is 1.74 bits per heavy atom. The van der Waals surface area contributed by atoms with Crippen LogP contribution in [-0.4, -0.2) is 50.2 Å². The largest absolute Gasteiger partial charge is 0.493 e. The van der Waals surface area contributed by atoms with Crippen molar-refractivity contribution in [3.05, 3.63) is 58.7 Å². The number of carbonyl (C=O) groups excluding carboxylic acids is 2. The molecular formula is C24H31N3O4. The van der Waals surface area contributed by atoms with E-state index in [-0.39, 0.29) is 24.0 Å². The molecule has 1 aliphatic rings. The minimum absolute atomic E-state index is 0.0158. The van der Waals surface area contributed by atoms with Gasteiger partial charge < -0.3 is 25.0 Å². The van der Waals surface area contributed by atoms with E-state index in [0.29, 0.717) is 36.6 Å². The first-order valence-electron chi connectivity index (χ1n) is 10.5. The van der Waals surface area contributed by atoms with Crippen molar-refractivity contribution in [3.8, 4) is 11.5 Å². The van der Waals surface area contributed by atoms with Crippen molar-refractivity contribution >= 4 is 11.9 Å². The number of fused-ring (bicyclic) bond motifs is 1. The number of carbonyl (C=O) groups is 2. The number of hydrogen-bond donors (Lipinski definition) is 2. The molecule has 166 valence electrons. The summed E-state index contributed by atoms with van der Waals surface area (Å²) in [6.07, 6.45) is 0.698. The van der Waals surface area contributed by atoms with Gasteiger partial charge in [0.25, 0.3) is 5.91 Å². The standard InChI is InChI=1S/C24H31N3O4/c1-15(2)26-24(29)27-11-10-18-12-21(30-4)22(31-5)13-19(18)20(27)14-25-23(28)17-8-6-16(3)7-9-17/h6-9,12-13,15,20H,10-11,14H2,1-5H3,(H,25,28)(H,26,29)/t20-/m0/s1. The molecule has 0 saturated carbocycles. The van der Waals surface area contributed by atoms with Crippen LogP contribution in [0.15, 0.2) is 36.4 Å². The van der Waals surface area contributed by atoms with Gasteiger partial charge in [-0.2, -0.15) is 0 Å². The SMILES string of the molecule is COc1cc2c(cc1OC)[C@H](CNC(=O)c1ccc(C)cc1)N(C(=O)NC(C)C)CC2. The quantitative estimate of drug-likeness (QED) is 0.743. The van der Waals surface area contributed by atoms with Gasteiger partial charge in [0, 0.05) is 24.7 Å². The molecule has 0 fully saturated rings. The van der Waals surface area contributed by atoms with Crippen LogP contribution in [0.25, 0.3) is 0 Å². The Kier molecular flexibility index (Phi) is 7.05. The minimum Gasteiger partial charge on any atom is -0.493 e. The van der Waals surface area contributed by atoms with E-state index in [4.69, 9.17) is 9.47 Å². The van der Waals surface area contributed by atoms with E-state index in [2.05, 4.69) is 10.6 Å². The number of aryl methyl sites for hydroxylation is 1. The third kappa shape index (κ3) is 5.10. The molecular weight excluding hydrogens is 394 g/mol. The molecule has 0 saturated heterocycles. The molecule has 2 aromatic carbocycles. The predicted molar refractivity (Wildman–Crippen MR) is 120 cm³/mol. The van der Waals surface area contributed by atoms with Crippen molar-refractivity contribution in [2.45, 2.75) is 39.3 Å². The lowest BCUT2D eigenvalue weighted by molar-refractivity contribution is 0.0934. The summed E-state index contributed by atoms with van der Waals surface area (Å²) < 4.78 is 10.9. The van der Waals surface area contributed by atoms with Gasteiger partial charge in [-0.3, -0.25) is 4.79 Å². The van der Waals surface area contributed by atoms with Gasteiger partial charge in [0.1, 0.15) is 0 Å². The van der Waals surface area contributed by atoms with Crippen molar-refractivity contribution in [2.75, 3.05) is 27.3 Å². The van der Waals surface area contributed by atoms with E-state index < -0.39 is 0 Å². The first kappa shape index (κ1) is 22.5. The van der Waals surface area contributed by atoms with Crippen LogP contribution in [0.1, 0.15) is 46.9 Å². The topological polar surface area (TPSA) is 79.9 Å². The van der Waals surface area contributed by atoms with Gasteiger partial charge in [0.2, 0.25) is 0 Å². The summed E-state index contributed by atoms with van der Waals surface area (Å²) in [5.74, 6) is 1.09. The van der Waals surface area contributed by atoms with Crippen LogP contribution in [0.3, 0.4) is 0 Å². The zero-order chi connectivity index (χ0) is 22.5. The molecule has 0 radical (unpaired) electrons. The van der Waals surface area contributed by atoms with Gasteiger partial charge in [0.15, 0.2) is 11.5 Å². The zero-order valence-electron chi connectivity index (χ0n) is 18.8. The first-order valence-corrected chi connectivity index (χ1v) is 10.5. The summed E-state index contributed by atoms with van der Waals surface area (Å²) in [4.78, 5) is 27.4. The van der Waals surface area contributed by atoms with Crippen molar-refractivity contribution in [2.24, 2.45) is 0 Å². The maximum absolute atomic E-state index is 12.9. The molecule has 1 heterocycles. The number of amides is 3.